The van der Waals surface area contributed by atoms with Crippen molar-refractivity contribution >= 4 is 21.9 Å². The van der Waals surface area contributed by atoms with E-state index in [1.165, 1.54) is 11.8 Å². The van der Waals surface area contributed by atoms with Crippen LogP contribution in [0.25, 0.3) is 0 Å². The summed E-state index contributed by atoms with van der Waals surface area (Å²) >= 11 is 3.45. The minimum absolute atomic E-state index is 0.145. The van der Waals surface area contributed by atoms with E-state index in [1.807, 2.05) is 12.1 Å². The Hall–Kier alpha value is -1.67. The van der Waals surface area contributed by atoms with Crippen LogP contribution in [0.3, 0.4) is 0 Å². The summed E-state index contributed by atoms with van der Waals surface area (Å²) in [6.45, 7) is 3.54. The Morgan fingerprint density at radius 2 is 1.83 bits per heavy atom. The SMILES string of the molecule is FC(F)(F)c1ccnc(N2CCN(Cc3cccc(Br)c3)CC2)n1. The number of halogens is 4. The predicted molar refractivity (Wildman–Crippen MR) is 88.7 cm³/mol. The van der Waals surface area contributed by atoms with Crippen LogP contribution >= 0.6 is 15.9 Å². The lowest BCUT2D eigenvalue weighted by Gasteiger charge is -2.34. The zero-order valence-electron chi connectivity index (χ0n) is 12.8. The molecule has 2 aromatic rings. The second-order valence-corrected chi connectivity index (χ2v) is 6.55. The van der Waals surface area contributed by atoms with Gasteiger partial charge < -0.3 is 4.90 Å². The van der Waals surface area contributed by atoms with Gasteiger partial charge in [-0.05, 0) is 23.8 Å². The normalized spacial score (nSPS) is 16.4. The summed E-state index contributed by atoms with van der Waals surface area (Å²) in [5.41, 5.74) is 0.303. The third-order valence-corrected chi connectivity index (χ3v) is 4.38. The second-order valence-electron chi connectivity index (χ2n) is 5.63. The number of nitrogens with zero attached hydrogens (tertiary/aromatic N) is 4. The highest BCUT2D eigenvalue weighted by Gasteiger charge is 2.33. The fourth-order valence-electron chi connectivity index (χ4n) is 2.66. The van der Waals surface area contributed by atoms with Crippen molar-refractivity contribution in [2.45, 2.75) is 12.7 Å². The third kappa shape index (κ3) is 4.24. The number of piperazine rings is 1. The molecule has 0 bridgehead atoms. The highest BCUT2D eigenvalue weighted by Crippen LogP contribution is 2.28. The van der Waals surface area contributed by atoms with Crippen LogP contribution in [0.5, 0.6) is 0 Å². The summed E-state index contributed by atoms with van der Waals surface area (Å²) < 4.78 is 39.3. The molecule has 1 saturated heterocycles. The van der Waals surface area contributed by atoms with Crippen molar-refractivity contribution in [1.82, 2.24) is 14.9 Å². The van der Waals surface area contributed by atoms with Crippen LogP contribution in [0.2, 0.25) is 0 Å². The van der Waals surface area contributed by atoms with E-state index in [4.69, 9.17) is 0 Å². The van der Waals surface area contributed by atoms with Crippen molar-refractivity contribution < 1.29 is 13.2 Å². The minimum atomic E-state index is -4.44. The Labute approximate surface area is 146 Å². The van der Waals surface area contributed by atoms with Gasteiger partial charge in [0.1, 0.15) is 5.69 Å². The van der Waals surface area contributed by atoms with Gasteiger partial charge in [0.05, 0.1) is 0 Å². The van der Waals surface area contributed by atoms with Gasteiger partial charge in [0.25, 0.3) is 0 Å². The average molecular weight is 401 g/mol. The minimum Gasteiger partial charge on any atom is -0.338 e. The molecule has 0 radical (unpaired) electrons. The largest absolute Gasteiger partial charge is 0.433 e. The van der Waals surface area contributed by atoms with Gasteiger partial charge >= 0.3 is 6.18 Å². The van der Waals surface area contributed by atoms with Gasteiger partial charge in [-0.2, -0.15) is 13.2 Å². The Morgan fingerprint density at radius 1 is 1.08 bits per heavy atom. The maximum absolute atomic E-state index is 12.8. The molecule has 24 heavy (non-hydrogen) atoms. The summed E-state index contributed by atoms with van der Waals surface area (Å²) in [4.78, 5) is 11.7. The highest BCUT2D eigenvalue weighted by atomic mass is 79.9. The van der Waals surface area contributed by atoms with Gasteiger partial charge in [-0.25, -0.2) is 9.97 Å². The van der Waals surface area contributed by atoms with Gasteiger partial charge in [0.2, 0.25) is 5.95 Å². The Morgan fingerprint density at radius 3 is 2.50 bits per heavy atom. The molecule has 3 rings (SSSR count). The highest BCUT2D eigenvalue weighted by molar-refractivity contribution is 9.10. The fourth-order valence-corrected chi connectivity index (χ4v) is 3.10. The zero-order valence-corrected chi connectivity index (χ0v) is 14.4. The second kappa shape index (κ2) is 7.06. The van der Waals surface area contributed by atoms with Crippen LogP contribution < -0.4 is 4.90 Å². The van der Waals surface area contributed by atoms with Crippen LogP contribution in [0.4, 0.5) is 19.1 Å². The lowest BCUT2D eigenvalue weighted by molar-refractivity contribution is -0.141. The molecule has 1 aromatic heterocycles. The van der Waals surface area contributed by atoms with E-state index in [0.717, 1.165) is 30.2 Å². The standard InChI is InChI=1S/C16H16BrF3N4/c17-13-3-1-2-12(10-13)11-23-6-8-24(9-7-23)15-21-5-4-14(22-15)16(18,19)20/h1-5,10H,6-9,11H2. The topological polar surface area (TPSA) is 32.3 Å². The van der Waals surface area contributed by atoms with Crippen LogP contribution in [0.15, 0.2) is 41.0 Å². The number of rotatable bonds is 3. The quantitative estimate of drug-likeness (QED) is 0.787. The number of hydrogen-bond acceptors (Lipinski definition) is 4. The molecule has 1 aromatic carbocycles. The van der Waals surface area contributed by atoms with Crippen molar-refractivity contribution in [3.8, 4) is 0 Å². The predicted octanol–water partition coefficient (Wildman–Crippen LogP) is 3.58. The molecule has 0 saturated carbocycles. The first-order chi connectivity index (χ1) is 11.4. The molecule has 128 valence electrons. The Balaban J connectivity index is 1.61. The smallest absolute Gasteiger partial charge is 0.338 e. The average Bonchev–Trinajstić information content (AvgIpc) is 2.55. The van der Waals surface area contributed by atoms with E-state index < -0.39 is 11.9 Å². The summed E-state index contributed by atoms with van der Waals surface area (Å²) in [6, 6.07) is 9.00. The molecule has 0 spiro atoms. The molecule has 1 fully saturated rings. The van der Waals surface area contributed by atoms with E-state index in [0.29, 0.717) is 13.1 Å². The first-order valence-electron chi connectivity index (χ1n) is 7.54. The van der Waals surface area contributed by atoms with Crippen LogP contribution in [-0.2, 0) is 12.7 Å². The van der Waals surface area contributed by atoms with Gasteiger partial charge in [-0.15, -0.1) is 0 Å². The molecule has 2 heterocycles. The van der Waals surface area contributed by atoms with Crippen molar-refractivity contribution in [2.24, 2.45) is 0 Å². The van der Waals surface area contributed by atoms with Gasteiger partial charge in [0.15, 0.2) is 0 Å². The van der Waals surface area contributed by atoms with Crippen LogP contribution in [0.1, 0.15) is 11.3 Å². The van der Waals surface area contributed by atoms with Gasteiger partial charge in [-0.3, -0.25) is 4.90 Å². The number of benzene rings is 1. The van der Waals surface area contributed by atoms with Crippen LogP contribution in [-0.4, -0.2) is 41.0 Å². The van der Waals surface area contributed by atoms with Gasteiger partial charge in [0, 0.05) is 43.4 Å². The van der Waals surface area contributed by atoms with E-state index in [9.17, 15) is 13.2 Å². The molecule has 1 aliphatic rings. The number of alkyl halides is 3. The fraction of sp³-hybridized carbons (Fsp3) is 0.375. The Bertz CT molecular complexity index is 700. The summed E-state index contributed by atoms with van der Waals surface area (Å²) in [7, 11) is 0. The molecule has 0 unspecified atom stereocenters. The van der Waals surface area contributed by atoms with Crippen molar-refractivity contribution in [3.63, 3.8) is 0 Å². The van der Waals surface area contributed by atoms with E-state index >= 15 is 0 Å². The van der Waals surface area contributed by atoms with Crippen molar-refractivity contribution in [2.75, 3.05) is 31.1 Å². The molecule has 0 atom stereocenters. The molecule has 1 aliphatic heterocycles. The molecule has 4 nitrogen and oxygen atoms in total. The Kier molecular flexibility index (Phi) is 5.05. The maximum atomic E-state index is 12.8. The first kappa shape index (κ1) is 17.2. The van der Waals surface area contributed by atoms with Gasteiger partial charge in [-0.1, -0.05) is 28.1 Å². The van der Waals surface area contributed by atoms with Crippen molar-refractivity contribution in [1.29, 1.82) is 0 Å². The monoisotopic (exact) mass is 400 g/mol. The van der Waals surface area contributed by atoms with Crippen molar-refractivity contribution in [3.05, 3.63) is 52.3 Å². The van der Waals surface area contributed by atoms with E-state index in [-0.39, 0.29) is 5.95 Å². The van der Waals surface area contributed by atoms with Crippen LogP contribution in [0, 0.1) is 0 Å². The number of hydrogen-bond donors (Lipinski definition) is 0. The van der Waals surface area contributed by atoms with E-state index in [2.05, 4.69) is 42.9 Å². The number of anilines is 1. The first-order valence-corrected chi connectivity index (χ1v) is 8.33. The molecule has 0 amide bonds. The summed E-state index contributed by atoms with van der Waals surface area (Å²) in [6.07, 6.45) is -3.28. The summed E-state index contributed by atoms with van der Waals surface area (Å²) in [5, 5.41) is 0. The maximum Gasteiger partial charge on any atom is 0.433 e. The molecule has 0 aliphatic carbocycles. The lowest BCUT2D eigenvalue weighted by atomic mass is 10.2. The molecular formula is C16H16BrF3N4. The molecule has 0 N–H and O–H groups in total. The van der Waals surface area contributed by atoms with E-state index in [1.54, 1.807) is 4.90 Å². The molecule has 8 heteroatoms. The summed E-state index contributed by atoms with van der Waals surface area (Å²) in [5.74, 6) is 0.145. The number of aromatic nitrogens is 2. The lowest BCUT2D eigenvalue weighted by Crippen LogP contribution is -2.46. The zero-order chi connectivity index (χ0) is 17.2. The molecular weight excluding hydrogens is 385 g/mol. The third-order valence-electron chi connectivity index (χ3n) is 3.88.